The van der Waals surface area contributed by atoms with E-state index >= 15 is 0 Å². The highest BCUT2D eigenvalue weighted by Crippen LogP contribution is 2.32. The molecule has 0 saturated carbocycles. The highest BCUT2D eigenvalue weighted by molar-refractivity contribution is 5.93. The molecule has 2 aromatic heterocycles. The number of hydrogen-bond acceptors (Lipinski definition) is 5. The summed E-state index contributed by atoms with van der Waals surface area (Å²) < 4.78 is 7.10. The first kappa shape index (κ1) is 16.7. The fourth-order valence-electron chi connectivity index (χ4n) is 4.11. The third-order valence-electron chi connectivity index (χ3n) is 5.45. The highest BCUT2D eigenvalue weighted by Gasteiger charge is 2.51. The number of fused-ring (bicyclic) bond motifs is 2. The lowest BCUT2D eigenvalue weighted by molar-refractivity contribution is 0.0371. The van der Waals surface area contributed by atoms with E-state index in [1.807, 2.05) is 36.5 Å². The van der Waals surface area contributed by atoms with E-state index < -0.39 is 5.54 Å². The first-order valence-electron chi connectivity index (χ1n) is 9.22. The number of benzene rings is 1. The van der Waals surface area contributed by atoms with E-state index in [1.165, 1.54) is 0 Å². The zero-order valence-electron chi connectivity index (χ0n) is 15.2. The Morgan fingerprint density at radius 2 is 2.04 bits per heavy atom. The van der Waals surface area contributed by atoms with Crippen molar-refractivity contribution in [1.82, 2.24) is 24.2 Å². The van der Waals surface area contributed by atoms with Crippen LogP contribution >= 0.6 is 0 Å². The lowest BCUT2D eigenvalue weighted by atomic mass is 9.88. The number of nitrogens with zero attached hydrogens (tertiary/aromatic N) is 5. The summed E-state index contributed by atoms with van der Waals surface area (Å²) in [5, 5.41) is 0. The number of imidazole rings is 1. The van der Waals surface area contributed by atoms with Crippen molar-refractivity contribution in [2.45, 2.75) is 12.0 Å². The van der Waals surface area contributed by atoms with Gasteiger partial charge in [-0.05, 0) is 11.6 Å². The molecule has 2 fully saturated rings. The van der Waals surface area contributed by atoms with Crippen molar-refractivity contribution in [3.63, 3.8) is 0 Å². The van der Waals surface area contributed by atoms with Crippen LogP contribution in [0.3, 0.4) is 0 Å². The third kappa shape index (κ3) is 2.69. The molecule has 4 heterocycles. The van der Waals surface area contributed by atoms with Crippen LogP contribution < -0.4 is 0 Å². The Kier molecular flexibility index (Phi) is 3.78. The smallest absolute Gasteiger partial charge is 0.410 e. The summed E-state index contributed by atoms with van der Waals surface area (Å²) in [5.74, 6) is 0.333. The largest absolute Gasteiger partial charge is 0.447 e. The van der Waals surface area contributed by atoms with Crippen LogP contribution in [0.5, 0.6) is 0 Å². The fraction of sp³-hybridized carbons (Fsp3) is 0.300. The van der Waals surface area contributed by atoms with Crippen LogP contribution in [0, 0.1) is 0 Å². The van der Waals surface area contributed by atoms with Crippen LogP contribution in [-0.2, 0) is 11.2 Å². The molecule has 0 aliphatic carbocycles. The number of carbonyl (C=O) groups is 2. The van der Waals surface area contributed by atoms with E-state index in [-0.39, 0.29) is 18.6 Å². The van der Waals surface area contributed by atoms with Gasteiger partial charge in [0, 0.05) is 44.6 Å². The van der Waals surface area contributed by atoms with Gasteiger partial charge in [-0.2, -0.15) is 0 Å². The minimum Gasteiger partial charge on any atom is -0.447 e. The average Bonchev–Trinajstić information content (AvgIpc) is 3.29. The van der Waals surface area contributed by atoms with Gasteiger partial charge < -0.3 is 9.64 Å². The zero-order valence-corrected chi connectivity index (χ0v) is 15.2. The first-order chi connectivity index (χ1) is 13.6. The molecule has 2 aliphatic heterocycles. The van der Waals surface area contributed by atoms with Gasteiger partial charge in [0.05, 0.1) is 0 Å². The molecule has 5 rings (SSSR count). The molecule has 1 unspecified atom stereocenters. The summed E-state index contributed by atoms with van der Waals surface area (Å²) in [6.07, 6.45) is 5.48. The van der Waals surface area contributed by atoms with Crippen molar-refractivity contribution in [2.24, 2.45) is 0 Å². The molecular weight excluding hydrogens is 358 g/mol. The van der Waals surface area contributed by atoms with E-state index in [0.29, 0.717) is 37.5 Å². The SMILES string of the molecule is O=C(c1cn2cccnc2n1)N1CCN2C(=O)OCC2(Cc2ccccc2)C1. The van der Waals surface area contributed by atoms with Gasteiger partial charge in [-0.1, -0.05) is 30.3 Å². The second-order valence-electron chi connectivity index (χ2n) is 7.27. The van der Waals surface area contributed by atoms with Crippen molar-refractivity contribution in [3.05, 3.63) is 66.2 Å². The number of hydrogen-bond donors (Lipinski definition) is 0. The molecule has 8 heteroatoms. The molecule has 0 spiro atoms. The number of ether oxygens (including phenoxy) is 1. The molecule has 2 amide bonds. The van der Waals surface area contributed by atoms with Gasteiger partial charge >= 0.3 is 6.09 Å². The van der Waals surface area contributed by atoms with E-state index in [1.54, 1.807) is 32.7 Å². The molecule has 3 aromatic rings. The number of aromatic nitrogens is 3. The lowest BCUT2D eigenvalue weighted by Gasteiger charge is -2.44. The molecule has 28 heavy (non-hydrogen) atoms. The van der Waals surface area contributed by atoms with Gasteiger partial charge in [0.2, 0.25) is 5.78 Å². The first-order valence-corrected chi connectivity index (χ1v) is 9.22. The molecule has 1 atom stereocenters. The molecule has 0 radical (unpaired) electrons. The van der Waals surface area contributed by atoms with E-state index in [9.17, 15) is 9.59 Å². The van der Waals surface area contributed by atoms with Crippen LogP contribution in [0.25, 0.3) is 5.78 Å². The van der Waals surface area contributed by atoms with Gasteiger partial charge in [-0.3, -0.25) is 14.1 Å². The predicted octanol–water partition coefficient (Wildman–Crippen LogP) is 1.62. The van der Waals surface area contributed by atoms with Crippen LogP contribution in [0.4, 0.5) is 4.79 Å². The molecule has 1 aromatic carbocycles. The fourth-order valence-corrected chi connectivity index (χ4v) is 4.11. The van der Waals surface area contributed by atoms with E-state index in [4.69, 9.17) is 4.74 Å². The van der Waals surface area contributed by atoms with Crippen LogP contribution in [0.1, 0.15) is 16.1 Å². The van der Waals surface area contributed by atoms with Crippen molar-refractivity contribution in [2.75, 3.05) is 26.2 Å². The van der Waals surface area contributed by atoms with Gasteiger partial charge in [0.25, 0.3) is 5.91 Å². The third-order valence-corrected chi connectivity index (χ3v) is 5.45. The van der Waals surface area contributed by atoms with Crippen LogP contribution in [0.15, 0.2) is 55.0 Å². The van der Waals surface area contributed by atoms with Gasteiger partial charge in [0.15, 0.2) is 0 Å². The molecule has 2 saturated heterocycles. The predicted molar refractivity (Wildman–Crippen MR) is 99.8 cm³/mol. The topological polar surface area (TPSA) is 80.0 Å². The second kappa shape index (κ2) is 6.33. The molecule has 0 bridgehead atoms. The van der Waals surface area contributed by atoms with Crippen LogP contribution in [0.2, 0.25) is 0 Å². The summed E-state index contributed by atoms with van der Waals surface area (Å²) in [6, 6.07) is 11.8. The maximum atomic E-state index is 13.1. The van der Waals surface area contributed by atoms with Gasteiger partial charge in [0.1, 0.15) is 17.8 Å². The van der Waals surface area contributed by atoms with Crippen molar-refractivity contribution < 1.29 is 14.3 Å². The molecule has 2 aliphatic rings. The molecule has 0 N–H and O–H groups in total. The Morgan fingerprint density at radius 3 is 2.86 bits per heavy atom. The van der Waals surface area contributed by atoms with Gasteiger partial charge in [-0.15, -0.1) is 0 Å². The second-order valence-corrected chi connectivity index (χ2v) is 7.27. The minimum atomic E-state index is -0.552. The maximum Gasteiger partial charge on any atom is 0.410 e. The van der Waals surface area contributed by atoms with Crippen LogP contribution in [-0.4, -0.2) is 67.9 Å². The Bertz CT molecular complexity index is 1020. The summed E-state index contributed by atoms with van der Waals surface area (Å²) >= 11 is 0. The summed E-state index contributed by atoms with van der Waals surface area (Å²) in [5.41, 5.74) is 0.910. The Balaban J connectivity index is 1.44. The number of amides is 2. The van der Waals surface area contributed by atoms with E-state index in [0.717, 1.165) is 5.56 Å². The average molecular weight is 377 g/mol. The maximum absolute atomic E-state index is 13.1. The summed E-state index contributed by atoms with van der Waals surface area (Å²) in [7, 11) is 0. The standard InChI is InChI=1S/C20H19N5O3/c26-17(16-12-23-8-4-7-21-18(23)22-16)24-9-10-25-19(27)28-14-20(25,13-24)11-15-5-2-1-3-6-15/h1-8,12H,9-11,13-14H2. The normalized spacial score (nSPS) is 21.6. The summed E-state index contributed by atoms with van der Waals surface area (Å²) in [4.78, 5) is 37.4. The monoisotopic (exact) mass is 377 g/mol. The lowest BCUT2D eigenvalue weighted by Crippen LogP contribution is -2.63. The number of carbonyl (C=O) groups excluding carboxylic acids is 2. The van der Waals surface area contributed by atoms with Gasteiger partial charge in [-0.25, -0.2) is 14.8 Å². The van der Waals surface area contributed by atoms with Crippen molar-refractivity contribution in [1.29, 1.82) is 0 Å². The molecular formula is C20H19N5O3. The van der Waals surface area contributed by atoms with E-state index in [2.05, 4.69) is 9.97 Å². The minimum absolute atomic E-state index is 0.156. The van der Waals surface area contributed by atoms with Crippen molar-refractivity contribution in [3.8, 4) is 0 Å². The Hall–Kier alpha value is -3.42. The number of cyclic esters (lactones) is 1. The summed E-state index contributed by atoms with van der Waals surface area (Å²) in [6.45, 7) is 1.58. The molecule has 142 valence electrons. The zero-order chi connectivity index (χ0) is 19.1. The Morgan fingerprint density at radius 1 is 1.18 bits per heavy atom. The van der Waals surface area contributed by atoms with Crippen molar-refractivity contribution >= 4 is 17.8 Å². The Labute approximate surface area is 161 Å². The number of piperazine rings is 1. The highest BCUT2D eigenvalue weighted by atomic mass is 16.6. The molecule has 8 nitrogen and oxygen atoms in total. The number of rotatable bonds is 3. The quantitative estimate of drug-likeness (QED) is 0.693.